The molecule has 0 saturated carbocycles. The van der Waals surface area contributed by atoms with E-state index in [0.717, 1.165) is 156 Å². The Labute approximate surface area is 522 Å². The summed E-state index contributed by atoms with van der Waals surface area (Å²) in [6.45, 7) is 0. The molecule has 18 rings (SSSR count). The van der Waals surface area contributed by atoms with Crippen LogP contribution in [0.25, 0.3) is 142 Å². The maximum atomic E-state index is 6.57. The van der Waals surface area contributed by atoms with Crippen molar-refractivity contribution in [2.24, 2.45) is 0 Å². The van der Waals surface area contributed by atoms with E-state index in [-0.39, 0.29) is 0 Å². The Kier molecular flexibility index (Phi) is 12.0. The Bertz CT molecular complexity index is 5740. The lowest BCUT2D eigenvalue weighted by Crippen LogP contribution is -2.11. The van der Waals surface area contributed by atoms with Crippen LogP contribution < -0.4 is 9.80 Å². The molecule has 6 heteroatoms. The van der Waals surface area contributed by atoms with Gasteiger partial charge in [0.15, 0.2) is 0 Å². The smallest absolute Gasteiger partial charge is 0.137 e. The van der Waals surface area contributed by atoms with Crippen molar-refractivity contribution < 1.29 is 13.3 Å². The molecule has 0 aliphatic carbocycles. The predicted octanol–water partition coefficient (Wildman–Crippen LogP) is 25.0. The zero-order chi connectivity index (χ0) is 59.2. The third-order valence-electron chi connectivity index (χ3n) is 17.8. The number of furan rings is 3. The van der Waals surface area contributed by atoms with E-state index >= 15 is 0 Å². The van der Waals surface area contributed by atoms with Crippen molar-refractivity contribution in [3.05, 3.63) is 315 Å². The van der Waals surface area contributed by atoms with Gasteiger partial charge >= 0.3 is 0 Å². The molecule has 0 N–H and O–H groups in total. The molecule has 5 nitrogen and oxygen atoms in total. The van der Waals surface area contributed by atoms with Gasteiger partial charge in [0.05, 0.1) is 27.8 Å². The lowest BCUT2D eigenvalue weighted by atomic mass is 9.96. The highest BCUT2D eigenvalue weighted by Gasteiger charge is 2.25. The molecule has 0 fully saturated rings. The van der Waals surface area contributed by atoms with Crippen LogP contribution >= 0.6 is 11.3 Å². The van der Waals surface area contributed by atoms with Gasteiger partial charge in [-0.25, -0.2) is 0 Å². The summed E-state index contributed by atoms with van der Waals surface area (Å²) in [5, 5.41) is 8.97. The minimum Gasteiger partial charge on any atom is -0.456 e. The molecule has 90 heavy (non-hydrogen) atoms. The van der Waals surface area contributed by atoms with Gasteiger partial charge in [0.25, 0.3) is 0 Å². The van der Waals surface area contributed by atoms with Crippen molar-refractivity contribution in [2.75, 3.05) is 9.80 Å². The quantitative estimate of drug-likeness (QED) is 0.129. The molecule has 0 aliphatic rings. The van der Waals surface area contributed by atoms with Crippen molar-refractivity contribution in [1.82, 2.24) is 0 Å². The predicted molar refractivity (Wildman–Crippen MR) is 378 cm³/mol. The van der Waals surface area contributed by atoms with Crippen LogP contribution in [0.4, 0.5) is 34.1 Å². The molecule has 0 amide bonds. The Balaban J connectivity index is 0.697. The first-order valence-electron chi connectivity index (χ1n) is 30.4. The highest BCUT2D eigenvalue weighted by molar-refractivity contribution is 7.25. The van der Waals surface area contributed by atoms with Crippen molar-refractivity contribution in [3.8, 4) is 55.6 Å². The lowest BCUT2D eigenvalue weighted by molar-refractivity contribution is 0.668. The van der Waals surface area contributed by atoms with Gasteiger partial charge < -0.3 is 23.1 Å². The van der Waals surface area contributed by atoms with Gasteiger partial charge in [-0.3, -0.25) is 0 Å². The molecule has 0 radical (unpaired) electrons. The van der Waals surface area contributed by atoms with Crippen molar-refractivity contribution >= 4 is 131 Å². The number of benzene rings is 14. The molecule has 0 spiro atoms. The highest BCUT2D eigenvalue weighted by atomic mass is 32.1. The largest absolute Gasteiger partial charge is 0.456 e. The second-order valence-corrected chi connectivity index (χ2v) is 24.2. The van der Waals surface area contributed by atoms with Gasteiger partial charge in [-0.15, -0.1) is 11.3 Å². The number of rotatable bonds is 11. The van der Waals surface area contributed by atoms with E-state index in [4.69, 9.17) is 13.3 Å². The summed E-state index contributed by atoms with van der Waals surface area (Å²) in [6, 6.07) is 113. The summed E-state index contributed by atoms with van der Waals surface area (Å²) in [5.74, 6) is 0. The molecule has 14 aromatic carbocycles. The number of nitrogens with zero attached hydrogens (tertiary/aromatic N) is 2. The Morgan fingerprint density at radius 1 is 0.211 bits per heavy atom. The summed E-state index contributed by atoms with van der Waals surface area (Å²) >= 11 is 1.84. The number of fused-ring (bicyclic) bond motifs is 12. The molecule has 0 aliphatic heterocycles. The van der Waals surface area contributed by atoms with Gasteiger partial charge in [0.1, 0.15) is 33.5 Å². The third kappa shape index (κ3) is 8.68. The fraction of sp³-hybridized carbons (Fsp3) is 0. The van der Waals surface area contributed by atoms with Gasteiger partial charge in [-0.1, -0.05) is 188 Å². The van der Waals surface area contributed by atoms with Crippen LogP contribution in [-0.2, 0) is 0 Å². The monoisotopic (exact) mass is 1170 g/mol. The molecule has 0 unspecified atom stereocenters. The van der Waals surface area contributed by atoms with E-state index < -0.39 is 0 Å². The first kappa shape index (κ1) is 51.5. The SMILES string of the molecule is c1ccc(-c2cc(-c3ccccc3)cc(N(c3ccc(-c4ccc5oc6ccc(-c7ccc8c(c7)sc7ccc(-c9ccccc9N(c9ccccc9)c9cccc%10oc%11ccccc%11c9%10)cc78)cc6c5c4)cc3)c3cccc4oc5ccccc5c34)c2)cc1. The summed E-state index contributed by atoms with van der Waals surface area (Å²) < 4.78 is 22.0. The van der Waals surface area contributed by atoms with Crippen LogP contribution in [0.15, 0.2) is 329 Å². The van der Waals surface area contributed by atoms with Gasteiger partial charge in [-0.05, 0) is 177 Å². The zero-order valence-electron chi connectivity index (χ0n) is 48.5. The molecule has 0 bridgehead atoms. The molecule has 422 valence electrons. The minimum absolute atomic E-state index is 0.844. The fourth-order valence-corrected chi connectivity index (χ4v) is 14.7. The maximum absolute atomic E-state index is 6.57. The van der Waals surface area contributed by atoms with E-state index in [1.54, 1.807) is 0 Å². The van der Waals surface area contributed by atoms with E-state index in [2.05, 4.69) is 307 Å². The van der Waals surface area contributed by atoms with Crippen LogP contribution in [0.1, 0.15) is 0 Å². The van der Waals surface area contributed by atoms with E-state index in [0.29, 0.717) is 0 Å². The minimum atomic E-state index is 0.844. The van der Waals surface area contributed by atoms with Crippen LogP contribution in [0, 0.1) is 0 Å². The molecule has 18 aromatic rings. The van der Waals surface area contributed by atoms with Crippen LogP contribution in [0.5, 0.6) is 0 Å². The highest BCUT2D eigenvalue weighted by Crippen LogP contribution is 2.49. The molecule has 4 heterocycles. The number of thiophene rings is 1. The normalized spacial score (nSPS) is 11.8. The number of hydrogen-bond donors (Lipinski definition) is 0. The fourth-order valence-electron chi connectivity index (χ4n) is 13.6. The molecular weight excluding hydrogens is 1120 g/mol. The maximum Gasteiger partial charge on any atom is 0.137 e. The third-order valence-corrected chi connectivity index (χ3v) is 19.0. The molecule has 0 saturated heterocycles. The Morgan fingerprint density at radius 3 is 1.30 bits per heavy atom. The van der Waals surface area contributed by atoms with E-state index in [1.165, 1.54) is 20.2 Å². The first-order valence-corrected chi connectivity index (χ1v) is 31.2. The number of anilines is 6. The molecule has 0 atom stereocenters. The topological polar surface area (TPSA) is 45.9 Å². The second-order valence-electron chi connectivity index (χ2n) is 23.1. The van der Waals surface area contributed by atoms with Crippen molar-refractivity contribution in [2.45, 2.75) is 0 Å². The van der Waals surface area contributed by atoms with Crippen molar-refractivity contribution in [3.63, 3.8) is 0 Å². The second kappa shape index (κ2) is 21.0. The Morgan fingerprint density at radius 2 is 0.656 bits per heavy atom. The number of hydrogen-bond acceptors (Lipinski definition) is 6. The summed E-state index contributed by atoms with van der Waals surface area (Å²) in [4.78, 5) is 4.77. The van der Waals surface area contributed by atoms with Gasteiger partial charge in [0, 0.05) is 64.3 Å². The lowest BCUT2D eigenvalue weighted by Gasteiger charge is -2.28. The van der Waals surface area contributed by atoms with Crippen LogP contribution in [-0.4, -0.2) is 0 Å². The van der Waals surface area contributed by atoms with Crippen molar-refractivity contribution in [1.29, 1.82) is 0 Å². The number of para-hydroxylation sites is 4. The van der Waals surface area contributed by atoms with Crippen LogP contribution in [0.2, 0.25) is 0 Å². The van der Waals surface area contributed by atoms with Gasteiger partial charge in [0.2, 0.25) is 0 Å². The molecular formula is C84H52N2O3S. The Hall–Kier alpha value is -11.7. The average molecular weight is 1170 g/mol. The zero-order valence-corrected chi connectivity index (χ0v) is 49.4. The first-order chi connectivity index (χ1) is 44.6. The summed E-state index contributed by atoms with van der Waals surface area (Å²) in [6.07, 6.45) is 0. The van der Waals surface area contributed by atoms with Crippen LogP contribution in [0.3, 0.4) is 0 Å². The average Bonchev–Trinajstić information content (AvgIpc) is 2.34. The standard InChI is InChI=1S/C84H52N2O3S/c1-4-18-53(19-5-1)60-46-61(54-20-6-2-7-21-54)48-64(47-60)85(73-28-16-32-79-83(73)67-25-11-14-30-75(67)88-79)63-40-34-55(35-41-63)56-37-43-77-69(49-56)70-50-57(38-44-78(70)87-77)58-36-42-66-71-51-59(39-45-81(71)90-82(66)52-58)65-24-10-13-27-72(65)86(62-22-8-3-9-23-62)74-29-17-33-80-84(74)68-26-12-15-31-76(68)89-80/h1-52H. The summed E-state index contributed by atoms with van der Waals surface area (Å²) in [5.41, 5.74) is 22.9. The summed E-state index contributed by atoms with van der Waals surface area (Å²) in [7, 11) is 0. The molecule has 4 aromatic heterocycles. The van der Waals surface area contributed by atoms with E-state index in [1.807, 2.05) is 29.5 Å². The van der Waals surface area contributed by atoms with Gasteiger partial charge in [-0.2, -0.15) is 0 Å². The van der Waals surface area contributed by atoms with E-state index in [9.17, 15) is 0 Å².